The fourth-order valence-corrected chi connectivity index (χ4v) is 2.79. The first-order chi connectivity index (χ1) is 12.6. The zero-order valence-corrected chi connectivity index (χ0v) is 14.5. The highest BCUT2D eigenvalue weighted by atomic mass is 19.4. The van der Waals surface area contributed by atoms with E-state index in [4.69, 9.17) is 0 Å². The SMILES string of the molecule is CC(C)[C@@H]1N=C(c2ccc(F)cc2)c2cc(OC(F)(F)F)ccc2NC1=O. The van der Waals surface area contributed by atoms with Gasteiger partial charge in [-0.05, 0) is 48.4 Å². The molecule has 3 rings (SSSR count). The maximum Gasteiger partial charge on any atom is 0.573 e. The van der Waals surface area contributed by atoms with Crippen LogP contribution in [0.4, 0.5) is 23.2 Å². The first-order valence-electron chi connectivity index (χ1n) is 8.19. The molecule has 2 aromatic carbocycles. The van der Waals surface area contributed by atoms with Gasteiger partial charge in [0, 0.05) is 11.1 Å². The Morgan fingerprint density at radius 1 is 1.11 bits per heavy atom. The van der Waals surface area contributed by atoms with Crippen molar-refractivity contribution in [3.05, 3.63) is 59.4 Å². The highest BCUT2D eigenvalue weighted by Crippen LogP contribution is 2.31. The highest BCUT2D eigenvalue weighted by molar-refractivity contribution is 6.19. The molecule has 0 saturated heterocycles. The molecular weight excluding hydrogens is 364 g/mol. The molecule has 1 aliphatic rings. The number of hydrogen-bond acceptors (Lipinski definition) is 3. The molecule has 0 bridgehead atoms. The first-order valence-corrected chi connectivity index (χ1v) is 8.19. The Morgan fingerprint density at radius 3 is 2.37 bits per heavy atom. The minimum Gasteiger partial charge on any atom is -0.406 e. The summed E-state index contributed by atoms with van der Waals surface area (Å²) in [5, 5.41) is 2.69. The Morgan fingerprint density at radius 2 is 1.78 bits per heavy atom. The first kappa shape index (κ1) is 18.9. The average molecular weight is 380 g/mol. The van der Waals surface area contributed by atoms with Gasteiger partial charge in [0.15, 0.2) is 0 Å². The Hall–Kier alpha value is -2.90. The molecule has 1 amide bonds. The summed E-state index contributed by atoms with van der Waals surface area (Å²) >= 11 is 0. The third-order valence-electron chi connectivity index (χ3n) is 4.02. The number of ether oxygens (including phenoxy) is 1. The van der Waals surface area contributed by atoms with E-state index in [2.05, 4.69) is 15.0 Å². The van der Waals surface area contributed by atoms with Gasteiger partial charge in [-0.1, -0.05) is 13.8 Å². The molecule has 4 nitrogen and oxygen atoms in total. The van der Waals surface area contributed by atoms with Gasteiger partial charge >= 0.3 is 6.36 Å². The van der Waals surface area contributed by atoms with E-state index in [-0.39, 0.29) is 23.1 Å². The number of hydrogen-bond donors (Lipinski definition) is 1. The van der Waals surface area contributed by atoms with Crippen molar-refractivity contribution in [2.24, 2.45) is 10.9 Å². The molecule has 27 heavy (non-hydrogen) atoms. The van der Waals surface area contributed by atoms with Crippen molar-refractivity contribution in [3.8, 4) is 5.75 Å². The molecule has 0 saturated carbocycles. The highest BCUT2D eigenvalue weighted by Gasteiger charge is 2.33. The zero-order chi connectivity index (χ0) is 19.8. The Bertz CT molecular complexity index is 890. The summed E-state index contributed by atoms with van der Waals surface area (Å²) in [7, 11) is 0. The van der Waals surface area contributed by atoms with Crippen LogP contribution >= 0.6 is 0 Å². The van der Waals surface area contributed by atoms with Crippen LogP contribution < -0.4 is 10.1 Å². The van der Waals surface area contributed by atoms with E-state index >= 15 is 0 Å². The third kappa shape index (κ3) is 4.27. The summed E-state index contributed by atoms with van der Waals surface area (Å²) in [6, 6.07) is 8.22. The Kier molecular flexibility index (Phi) is 4.91. The summed E-state index contributed by atoms with van der Waals surface area (Å²) in [5.74, 6) is -1.42. The smallest absolute Gasteiger partial charge is 0.406 e. The fraction of sp³-hybridized carbons (Fsp3) is 0.263. The molecule has 8 heteroatoms. The zero-order valence-electron chi connectivity index (χ0n) is 14.5. The average Bonchev–Trinajstić information content (AvgIpc) is 2.70. The topological polar surface area (TPSA) is 50.7 Å². The molecule has 0 radical (unpaired) electrons. The number of aliphatic imine (C=N–C) groups is 1. The lowest BCUT2D eigenvalue weighted by molar-refractivity contribution is -0.274. The minimum atomic E-state index is -4.85. The number of anilines is 1. The van der Waals surface area contributed by atoms with Crippen molar-refractivity contribution in [1.29, 1.82) is 0 Å². The van der Waals surface area contributed by atoms with Crippen LogP contribution in [-0.4, -0.2) is 24.0 Å². The quantitative estimate of drug-likeness (QED) is 0.795. The van der Waals surface area contributed by atoms with E-state index in [9.17, 15) is 22.4 Å². The van der Waals surface area contributed by atoms with Gasteiger partial charge in [0.25, 0.3) is 0 Å². The van der Waals surface area contributed by atoms with Crippen molar-refractivity contribution in [2.75, 3.05) is 5.32 Å². The lowest BCUT2D eigenvalue weighted by Gasteiger charge is -2.14. The van der Waals surface area contributed by atoms with Crippen LogP contribution in [-0.2, 0) is 4.79 Å². The number of benzene rings is 2. The van der Waals surface area contributed by atoms with Crippen LogP contribution in [0.15, 0.2) is 47.5 Å². The normalized spacial score (nSPS) is 17.1. The summed E-state index contributed by atoms with van der Waals surface area (Å²) in [6.45, 7) is 3.62. The third-order valence-corrected chi connectivity index (χ3v) is 4.02. The van der Waals surface area contributed by atoms with Gasteiger partial charge < -0.3 is 10.1 Å². The van der Waals surface area contributed by atoms with Gasteiger partial charge in [-0.15, -0.1) is 13.2 Å². The van der Waals surface area contributed by atoms with Crippen molar-refractivity contribution >= 4 is 17.3 Å². The van der Waals surface area contributed by atoms with Crippen LogP contribution in [0.25, 0.3) is 0 Å². The van der Waals surface area contributed by atoms with Crippen LogP contribution in [0, 0.1) is 11.7 Å². The minimum absolute atomic E-state index is 0.152. The molecule has 1 aliphatic heterocycles. The molecule has 1 heterocycles. The van der Waals surface area contributed by atoms with Crippen LogP contribution in [0.3, 0.4) is 0 Å². The lowest BCUT2D eigenvalue weighted by Crippen LogP contribution is -2.30. The van der Waals surface area contributed by atoms with E-state index in [1.54, 1.807) is 0 Å². The summed E-state index contributed by atoms with van der Waals surface area (Å²) in [4.78, 5) is 17.0. The van der Waals surface area contributed by atoms with Crippen molar-refractivity contribution in [3.63, 3.8) is 0 Å². The monoisotopic (exact) mass is 380 g/mol. The number of alkyl halides is 3. The van der Waals surface area contributed by atoms with E-state index in [0.717, 1.165) is 12.1 Å². The van der Waals surface area contributed by atoms with Gasteiger partial charge in [-0.2, -0.15) is 0 Å². The largest absolute Gasteiger partial charge is 0.573 e. The number of halogens is 4. The van der Waals surface area contributed by atoms with Crippen molar-refractivity contribution < 1.29 is 27.1 Å². The maximum absolute atomic E-state index is 13.3. The molecule has 142 valence electrons. The molecule has 0 aromatic heterocycles. The molecule has 0 aliphatic carbocycles. The fourth-order valence-electron chi connectivity index (χ4n) is 2.79. The van der Waals surface area contributed by atoms with Crippen LogP contribution in [0.5, 0.6) is 5.75 Å². The maximum atomic E-state index is 13.3. The molecule has 0 fully saturated rings. The van der Waals surface area contributed by atoms with Crippen molar-refractivity contribution in [2.45, 2.75) is 26.3 Å². The number of rotatable bonds is 3. The summed E-state index contributed by atoms with van der Waals surface area (Å²) < 4.78 is 55.0. The van der Waals surface area contributed by atoms with Gasteiger partial charge in [-0.25, -0.2) is 4.39 Å². The molecule has 1 atom stereocenters. The van der Waals surface area contributed by atoms with Crippen molar-refractivity contribution in [1.82, 2.24) is 0 Å². The standard InChI is InChI=1S/C19H16F4N2O2/c1-10(2)16-18(26)24-15-8-7-13(27-19(21,22)23)9-14(15)17(25-16)11-3-5-12(20)6-4-11/h3-10,16H,1-2H3,(H,24,26)/t16-/m0/s1. The second-order valence-electron chi connectivity index (χ2n) is 6.42. The number of amides is 1. The summed E-state index contributed by atoms with van der Waals surface area (Å²) in [6.07, 6.45) is -4.85. The lowest BCUT2D eigenvalue weighted by atomic mass is 9.99. The van der Waals surface area contributed by atoms with E-state index in [1.165, 1.54) is 30.3 Å². The number of carbonyl (C=O) groups excluding carboxylic acids is 1. The van der Waals surface area contributed by atoms with E-state index in [0.29, 0.717) is 11.3 Å². The Labute approximate surface area is 152 Å². The number of fused-ring (bicyclic) bond motifs is 1. The molecule has 0 spiro atoms. The molecule has 1 N–H and O–H groups in total. The number of nitrogens with zero attached hydrogens (tertiary/aromatic N) is 1. The van der Waals surface area contributed by atoms with Gasteiger partial charge in [-0.3, -0.25) is 9.79 Å². The molecule has 2 aromatic rings. The predicted octanol–water partition coefficient (Wildman–Crippen LogP) is 4.54. The summed E-state index contributed by atoms with van der Waals surface area (Å²) in [5.41, 5.74) is 1.33. The number of carbonyl (C=O) groups is 1. The predicted molar refractivity (Wildman–Crippen MR) is 92.4 cm³/mol. The second kappa shape index (κ2) is 7.02. The number of nitrogens with one attached hydrogen (secondary N) is 1. The molecular formula is C19H16F4N2O2. The number of benzodiazepines with no additional fused rings is 1. The second-order valence-corrected chi connectivity index (χ2v) is 6.42. The van der Waals surface area contributed by atoms with Gasteiger partial charge in [0.05, 0.1) is 11.4 Å². The van der Waals surface area contributed by atoms with Crippen LogP contribution in [0.1, 0.15) is 25.0 Å². The van der Waals surface area contributed by atoms with Gasteiger partial charge in [0.1, 0.15) is 17.6 Å². The van der Waals surface area contributed by atoms with Gasteiger partial charge in [0.2, 0.25) is 5.91 Å². The van der Waals surface area contributed by atoms with Crippen LogP contribution in [0.2, 0.25) is 0 Å². The Balaban J connectivity index is 2.17. The van der Waals surface area contributed by atoms with E-state index < -0.39 is 24.0 Å². The van der Waals surface area contributed by atoms with E-state index in [1.807, 2.05) is 13.8 Å². The molecule has 0 unspecified atom stereocenters.